The molecule has 0 aliphatic heterocycles. The molecule has 0 aliphatic rings. The predicted molar refractivity (Wildman–Crippen MR) is 59.9 cm³/mol. The number of aromatic nitrogens is 4. The average Bonchev–Trinajstić information content (AvgIpc) is 2.85. The number of aliphatic hydroxyl groups is 1. The van der Waals surface area contributed by atoms with Crippen molar-refractivity contribution >= 4 is 0 Å². The van der Waals surface area contributed by atoms with E-state index >= 15 is 0 Å². The van der Waals surface area contributed by atoms with Gasteiger partial charge in [0.05, 0.1) is 25.2 Å². The molecule has 2 heterocycles. The molecule has 5 nitrogen and oxygen atoms in total. The summed E-state index contributed by atoms with van der Waals surface area (Å²) < 4.78 is 3.94. The molecule has 0 aliphatic carbocycles. The first-order valence-electron chi connectivity index (χ1n) is 5.32. The molecule has 2 aromatic heterocycles. The van der Waals surface area contributed by atoms with Gasteiger partial charge in [0.25, 0.3) is 0 Å². The maximum Gasteiger partial charge on any atom is 0.0946 e. The molecule has 0 saturated carbocycles. The highest BCUT2D eigenvalue weighted by Gasteiger charge is 2.09. The Morgan fingerprint density at radius 1 is 1.31 bits per heavy atom. The van der Waals surface area contributed by atoms with Gasteiger partial charge in [-0.05, 0) is 13.8 Å². The molecule has 0 spiro atoms. The Hall–Kier alpha value is -1.62. The molecule has 0 amide bonds. The molecule has 0 aromatic carbocycles. The van der Waals surface area contributed by atoms with Gasteiger partial charge in [0, 0.05) is 30.2 Å². The van der Waals surface area contributed by atoms with E-state index in [9.17, 15) is 5.11 Å². The van der Waals surface area contributed by atoms with Gasteiger partial charge in [-0.1, -0.05) is 0 Å². The first-order valence-corrected chi connectivity index (χ1v) is 5.32. The minimum atomic E-state index is 0.0583. The van der Waals surface area contributed by atoms with Crippen LogP contribution in [0.4, 0.5) is 0 Å². The number of nitrogens with zero attached hydrogens (tertiary/aromatic N) is 4. The van der Waals surface area contributed by atoms with Gasteiger partial charge in [0.15, 0.2) is 0 Å². The van der Waals surface area contributed by atoms with Gasteiger partial charge < -0.3 is 9.67 Å². The number of imidazole rings is 1. The largest absolute Gasteiger partial charge is 0.392 e. The van der Waals surface area contributed by atoms with E-state index in [0.717, 1.165) is 30.0 Å². The van der Waals surface area contributed by atoms with E-state index in [1.54, 1.807) is 12.5 Å². The molecule has 16 heavy (non-hydrogen) atoms. The monoisotopic (exact) mass is 220 g/mol. The first-order chi connectivity index (χ1) is 7.72. The van der Waals surface area contributed by atoms with E-state index < -0.39 is 0 Å². The molecular formula is C11H16N4O. The van der Waals surface area contributed by atoms with E-state index in [1.165, 1.54) is 0 Å². The number of hydrogen-bond donors (Lipinski definition) is 1. The Morgan fingerprint density at radius 2 is 2.12 bits per heavy atom. The number of hydrogen-bond acceptors (Lipinski definition) is 3. The minimum absolute atomic E-state index is 0.0583. The zero-order valence-electron chi connectivity index (χ0n) is 9.59. The van der Waals surface area contributed by atoms with Crippen molar-refractivity contribution in [2.45, 2.75) is 33.5 Å². The number of aryl methyl sites for hydroxylation is 3. The summed E-state index contributed by atoms with van der Waals surface area (Å²) in [6, 6.07) is 0. The van der Waals surface area contributed by atoms with Crippen LogP contribution in [-0.2, 0) is 19.7 Å². The lowest BCUT2D eigenvalue weighted by molar-refractivity contribution is 0.280. The second-order valence-corrected chi connectivity index (χ2v) is 3.83. The number of rotatable bonds is 4. The van der Waals surface area contributed by atoms with Crippen LogP contribution in [0.15, 0.2) is 18.7 Å². The first kappa shape index (κ1) is 10.9. The van der Waals surface area contributed by atoms with Crippen molar-refractivity contribution in [1.82, 2.24) is 19.3 Å². The molecule has 5 heteroatoms. The average molecular weight is 220 g/mol. The summed E-state index contributed by atoms with van der Waals surface area (Å²) in [5, 5.41) is 13.6. The van der Waals surface area contributed by atoms with E-state index in [0.29, 0.717) is 0 Å². The van der Waals surface area contributed by atoms with Gasteiger partial charge in [0.1, 0.15) is 0 Å². The molecule has 2 rings (SSSR count). The van der Waals surface area contributed by atoms with Crippen molar-refractivity contribution in [3.8, 4) is 0 Å². The van der Waals surface area contributed by atoms with Crippen molar-refractivity contribution in [1.29, 1.82) is 0 Å². The normalized spacial score (nSPS) is 10.9. The smallest absolute Gasteiger partial charge is 0.0946 e. The Labute approximate surface area is 94.4 Å². The van der Waals surface area contributed by atoms with Crippen LogP contribution in [-0.4, -0.2) is 24.4 Å². The Morgan fingerprint density at radius 3 is 2.69 bits per heavy atom. The summed E-state index contributed by atoms with van der Waals surface area (Å²) >= 11 is 0. The van der Waals surface area contributed by atoms with Gasteiger partial charge in [-0.25, -0.2) is 4.98 Å². The van der Waals surface area contributed by atoms with Crippen LogP contribution in [0, 0.1) is 13.8 Å². The molecule has 0 fully saturated rings. The lowest BCUT2D eigenvalue weighted by Crippen LogP contribution is -2.09. The minimum Gasteiger partial charge on any atom is -0.392 e. The van der Waals surface area contributed by atoms with Crippen molar-refractivity contribution in [2.75, 3.05) is 0 Å². The molecule has 0 bridgehead atoms. The summed E-state index contributed by atoms with van der Waals surface area (Å²) in [4.78, 5) is 3.99. The van der Waals surface area contributed by atoms with Crippen LogP contribution in [0.25, 0.3) is 0 Å². The third kappa shape index (κ3) is 1.99. The highest BCUT2D eigenvalue weighted by Crippen LogP contribution is 2.12. The van der Waals surface area contributed by atoms with Gasteiger partial charge >= 0.3 is 0 Å². The molecule has 2 aromatic rings. The second-order valence-electron chi connectivity index (χ2n) is 3.83. The van der Waals surface area contributed by atoms with Crippen LogP contribution in [0.5, 0.6) is 0 Å². The summed E-state index contributed by atoms with van der Waals surface area (Å²) in [7, 11) is 0. The highest BCUT2D eigenvalue weighted by molar-refractivity contribution is 5.23. The Bertz CT molecular complexity index is 459. The van der Waals surface area contributed by atoms with Crippen LogP contribution in [0.3, 0.4) is 0 Å². The van der Waals surface area contributed by atoms with Gasteiger partial charge in [-0.15, -0.1) is 0 Å². The van der Waals surface area contributed by atoms with Gasteiger partial charge in [0.2, 0.25) is 0 Å². The van der Waals surface area contributed by atoms with Crippen LogP contribution in [0.1, 0.15) is 17.0 Å². The van der Waals surface area contributed by atoms with E-state index in [4.69, 9.17) is 0 Å². The fourth-order valence-corrected chi connectivity index (χ4v) is 1.81. The van der Waals surface area contributed by atoms with Crippen molar-refractivity contribution in [2.24, 2.45) is 0 Å². The molecule has 0 unspecified atom stereocenters. The fourth-order valence-electron chi connectivity index (χ4n) is 1.81. The molecule has 86 valence electrons. The third-order valence-corrected chi connectivity index (χ3v) is 2.82. The zero-order chi connectivity index (χ0) is 11.5. The quantitative estimate of drug-likeness (QED) is 0.832. The molecule has 1 N–H and O–H groups in total. The summed E-state index contributed by atoms with van der Waals surface area (Å²) in [6.45, 7) is 5.60. The summed E-state index contributed by atoms with van der Waals surface area (Å²) in [6.07, 6.45) is 5.48. The van der Waals surface area contributed by atoms with Crippen molar-refractivity contribution < 1.29 is 5.11 Å². The molecule has 0 atom stereocenters. The Balaban J connectivity index is 2.10. The van der Waals surface area contributed by atoms with Crippen LogP contribution in [0.2, 0.25) is 0 Å². The van der Waals surface area contributed by atoms with Crippen molar-refractivity contribution in [3.63, 3.8) is 0 Å². The number of aliphatic hydroxyl groups excluding tert-OH is 1. The van der Waals surface area contributed by atoms with Gasteiger partial charge in [-0.2, -0.15) is 5.10 Å². The zero-order valence-corrected chi connectivity index (χ0v) is 9.59. The Kier molecular flexibility index (Phi) is 3.05. The topological polar surface area (TPSA) is 55.9 Å². The fraction of sp³-hybridized carbons (Fsp3) is 0.455. The maximum absolute atomic E-state index is 9.20. The third-order valence-electron chi connectivity index (χ3n) is 2.82. The highest BCUT2D eigenvalue weighted by atomic mass is 16.3. The van der Waals surface area contributed by atoms with Crippen LogP contribution >= 0.6 is 0 Å². The lowest BCUT2D eigenvalue weighted by Gasteiger charge is -2.05. The van der Waals surface area contributed by atoms with Crippen LogP contribution < -0.4 is 0 Å². The van der Waals surface area contributed by atoms with Crippen molar-refractivity contribution in [3.05, 3.63) is 35.7 Å². The lowest BCUT2D eigenvalue weighted by atomic mass is 10.2. The summed E-state index contributed by atoms with van der Waals surface area (Å²) in [5.41, 5.74) is 2.89. The van der Waals surface area contributed by atoms with Gasteiger partial charge in [-0.3, -0.25) is 4.68 Å². The molecular weight excluding hydrogens is 204 g/mol. The standard InChI is InChI=1S/C11H16N4O/c1-9-11(7-16)10(2)15(13-9)6-5-14-4-3-12-8-14/h3-4,8,16H,5-7H2,1-2H3. The van der Waals surface area contributed by atoms with E-state index in [2.05, 4.69) is 10.1 Å². The molecule has 0 saturated heterocycles. The SMILES string of the molecule is Cc1nn(CCn2ccnc2)c(C)c1CO. The summed E-state index contributed by atoms with van der Waals surface area (Å²) in [5.74, 6) is 0. The van der Waals surface area contributed by atoms with E-state index in [1.807, 2.05) is 29.3 Å². The predicted octanol–water partition coefficient (Wildman–Crippen LogP) is 0.889. The maximum atomic E-state index is 9.20. The molecule has 0 radical (unpaired) electrons. The second kappa shape index (κ2) is 4.49. The van der Waals surface area contributed by atoms with E-state index in [-0.39, 0.29) is 6.61 Å².